The summed E-state index contributed by atoms with van der Waals surface area (Å²) >= 11 is 0. The summed E-state index contributed by atoms with van der Waals surface area (Å²) in [5, 5.41) is 0. The van der Waals surface area contributed by atoms with E-state index in [1.165, 1.54) is 46.2 Å². The van der Waals surface area contributed by atoms with Crippen molar-refractivity contribution in [3.8, 4) is 0 Å². The van der Waals surface area contributed by atoms with Crippen molar-refractivity contribution in [1.82, 2.24) is 0 Å². The van der Waals surface area contributed by atoms with E-state index >= 15 is 0 Å². The van der Waals surface area contributed by atoms with E-state index in [9.17, 15) is 0 Å². The molecule has 0 N–H and O–H groups in total. The highest BCUT2D eigenvalue weighted by Gasteiger charge is 2.11. The van der Waals surface area contributed by atoms with Crippen molar-refractivity contribution >= 4 is 6.08 Å². The fourth-order valence-electron chi connectivity index (χ4n) is 2.35. The molecule has 0 unspecified atom stereocenters. The van der Waals surface area contributed by atoms with E-state index in [4.69, 9.17) is 0 Å². The van der Waals surface area contributed by atoms with Crippen LogP contribution in [0.15, 0.2) is 6.58 Å². The van der Waals surface area contributed by atoms with Crippen LogP contribution in [-0.4, -0.2) is 0 Å². The van der Waals surface area contributed by atoms with Gasteiger partial charge in [0.25, 0.3) is 0 Å². The highest BCUT2D eigenvalue weighted by Crippen LogP contribution is 2.28. The molecule has 0 heteroatoms. The summed E-state index contributed by atoms with van der Waals surface area (Å²) in [7, 11) is 0. The third-order valence-corrected chi connectivity index (χ3v) is 3.54. The lowest BCUT2D eigenvalue weighted by atomic mass is 9.87. The number of benzene rings is 1. The summed E-state index contributed by atoms with van der Waals surface area (Å²) in [6, 6.07) is 0. The van der Waals surface area contributed by atoms with Gasteiger partial charge in [0, 0.05) is 0 Å². The Hall–Kier alpha value is -1.04. The molecule has 0 saturated carbocycles. The average molecular weight is 202 g/mol. The molecular weight excluding hydrogens is 180 g/mol. The molecule has 0 aromatic heterocycles. The molecule has 1 rings (SSSR count). The first-order valence-electron chi connectivity index (χ1n) is 5.76. The fraction of sp³-hybridized carbons (Fsp3) is 0.467. The van der Waals surface area contributed by atoms with Gasteiger partial charge in [0.15, 0.2) is 0 Å². The molecule has 0 spiro atoms. The topological polar surface area (TPSA) is 0 Å². The minimum absolute atomic E-state index is 1.19. The first-order chi connectivity index (χ1) is 7.04. The standard InChI is InChI=1S/C15H22/c1-7-9-15-12(5)10(3)14(8-2)11(4)13(15)6/h8H,2,7,9H2,1,3-6H3. The molecular formula is C15H22. The van der Waals surface area contributed by atoms with Crippen LogP contribution in [0.1, 0.15) is 46.7 Å². The lowest BCUT2D eigenvalue weighted by Gasteiger charge is -2.18. The monoisotopic (exact) mass is 202 g/mol. The third-order valence-electron chi connectivity index (χ3n) is 3.54. The lowest BCUT2D eigenvalue weighted by Crippen LogP contribution is -2.02. The Bertz CT molecular complexity index is 355. The van der Waals surface area contributed by atoms with Crippen molar-refractivity contribution in [1.29, 1.82) is 0 Å². The van der Waals surface area contributed by atoms with Crippen molar-refractivity contribution in [3.05, 3.63) is 40.0 Å². The van der Waals surface area contributed by atoms with Crippen LogP contribution in [0.5, 0.6) is 0 Å². The van der Waals surface area contributed by atoms with Crippen molar-refractivity contribution in [3.63, 3.8) is 0 Å². The van der Waals surface area contributed by atoms with E-state index in [2.05, 4.69) is 41.2 Å². The van der Waals surface area contributed by atoms with Gasteiger partial charge in [0.05, 0.1) is 0 Å². The second-order valence-corrected chi connectivity index (χ2v) is 4.35. The Morgan fingerprint density at radius 2 is 1.40 bits per heavy atom. The minimum Gasteiger partial charge on any atom is -0.0984 e. The van der Waals surface area contributed by atoms with Gasteiger partial charge in [-0.25, -0.2) is 0 Å². The maximum atomic E-state index is 3.91. The first-order valence-corrected chi connectivity index (χ1v) is 5.76. The summed E-state index contributed by atoms with van der Waals surface area (Å²) in [5.41, 5.74) is 8.57. The molecule has 0 atom stereocenters. The second-order valence-electron chi connectivity index (χ2n) is 4.35. The molecule has 0 aliphatic rings. The van der Waals surface area contributed by atoms with Gasteiger partial charge in [-0.1, -0.05) is 26.0 Å². The summed E-state index contributed by atoms with van der Waals surface area (Å²) in [6.07, 6.45) is 4.39. The zero-order chi connectivity index (χ0) is 11.6. The van der Waals surface area contributed by atoms with Crippen LogP contribution in [0.25, 0.3) is 6.08 Å². The molecule has 0 aliphatic heterocycles. The SMILES string of the molecule is C=Cc1c(C)c(C)c(CCC)c(C)c1C. The van der Waals surface area contributed by atoms with Crippen LogP contribution < -0.4 is 0 Å². The summed E-state index contributed by atoms with van der Waals surface area (Å²) in [5.74, 6) is 0. The van der Waals surface area contributed by atoms with E-state index in [0.29, 0.717) is 0 Å². The molecule has 1 aromatic rings. The fourth-order valence-corrected chi connectivity index (χ4v) is 2.35. The summed E-state index contributed by atoms with van der Waals surface area (Å²) < 4.78 is 0. The van der Waals surface area contributed by atoms with Crippen molar-refractivity contribution in [2.75, 3.05) is 0 Å². The van der Waals surface area contributed by atoms with E-state index in [-0.39, 0.29) is 0 Å². The third kappa shape index (κ3) is 1.99. The Kier molecular flexibility index (Phi) is 3.73. The minimum atomic E-state index is 1.19. The predicted molar refractivity (Wildman–Crippen MR) is 69.5 cm³/mol. The Balaban J connectivity index is 3.51. The normalized spacial score (nSPS) is 10.5. The Labute approximate surface area is 94.0 Å². The number of hydrogen-bond acceptors (Lipinski definition) is 0. The number of hydrogen-bond donors (Lipinski definition) is 0. The predicted octanol–water partition coefficient (Wildman–Crippen LogP) is 4.52. The summed E-state index contributed by atoms with van der Waals surface area (Å²) in [6.45, 7) is 15.0. The molecule has 0 saturated heterocycles. The zero-order valence-corrected chi connectivity index (χ0v) is 10.7. The van der Waals surface area contributed by atoms with E-state index in [0.717, 1.165) is 0 Å². The van der Waals surface area contributed by atoms with Crippen LogP contribution >= 0.6 is 0 Å². The summed E-state index contributed by atoms with van der Waals surface area (Å²) in [4.78, 5) is 0. The molecule has 0 amide bonds. The highest BCUT2D eigenvalue weighted by molar-refractivity contribution is 5.62. The van der Waals surface area contributed by atoms with Crippen LogP contribution in [-0.2, 0) is 6.42 Å². The Morgan fingerprint density at radius 3 is 1.73 bits per heavy atom. The van der Waals surface area contributed by atoms with Gasteiger partial charge in [-0.3, -0.25) is 0 Å². The average Bonchev–Trinajstić information content (AvgIpc) is 2.23. The van der Waals surface area contributed by atoms with Gasteiger partial charge >= 0.3 is 0 Å². The molecule has 0 heterocycles. The highest BCUT2D eigenvalue weighted by atomic mass is 14.2. The molecule has 82 valence electrons. The smallest absolute Gasteiger partial charge is 0.0198 e. The molecule has 0 nitrogen and oxygen atoms in total. The van der Waals surface area contributed by atoms with Crippen LogP contribution in [0, 0.1) is 27.7 Å². The second kappa shape index (κ2) is 4.65. The van der Waals surface area contributed by atoms with Crippen molar-refractivity contribution < 1.29 is 0 Å². The molecule has 15 heavy (non-hydrogen) atoms. The lowest BCUT2D eigenvalue weighted by molar-refractivity contribution is 0.896. The van der Waals surface area contributed by atoms with Crippen LogP contribution in [0.4, 0.5) is 0 Å². The quantitative estimate of drug-likeness (QED) is 0.676. The van der Waals surface area contributed by atoms with Crippen molar-refractivity contribution in [2.24, 2.45) is 0 Å². The van der Waals surface area contributed by atoms with Crippen LogP contribution in [0.3, 0.4) is 0 Å². The largest absolute Gasteiger partial charge is 0.0984 e. The van der Waals surface area contributed by atoms with Gasteiger partial charge < -0.3 is 0 Å². The van der Waals surface area contributed by atoms with Gasteiger partial charge in [-0.2, -0.15) is 0 Å². The Morgan fingerprint density at radius 1 is 0.933 bits per heavy atom. The molecule has 1 aromatic carbocycles. The van der Waals surface area contributed by atoms with Gasteiger partial charge in [0.1, 0.15) is 0 Å². The maximum Gasteiger partial charge on any atom is -0.0198 e. The molecule has 0 aliphatic carbocycles. The maximum absolute atomic E-state index is 3.91. The van der Waals surface area contributed by atoms with Gasteiger partial charge in [-0.05, 0) is 67.5 Å². The molecule has 0 bridgehead atoms. The van der Waals surface area contributed by atoms with Crippen molar-refractivity contribution in [2.45, 2.75) is 47.5 Å². The van der Waals surface area contributed by atoms with E-state index in [1.807, 2.05) is 6.08 Å². The molecule has 0 fully saturated rings. The number of rotatable bonds is 3. The first kappa shape index (κ1) is 12.0. The molecule has 0 radical (unpaired) electrons. The van der Waals surface area contributed by atoms with Gasteiger partial charge in [0.2, 0.25) is 0 Å². The van der Waals surface area contributed by atoms with Crippen LogP contribution in [0.2, 0.25) is 0 Å². The van der Waals surface area contributed by atoms with Gasteiger partial charge in [-0.15, -0.1) is 0 Å². The van der Waals surface area contributed by atoms with E-state index < -0.39 is 0 Å². The van der Waals surface area contributed by atoms with E-state index in [1.54, 1.807) is 0 Å². The zero-order valence-electron chi connectivity index (χ0n) is 10.7.